The van der Waals surface area contributed by atoms with Crippen LogP contribution in [-0.4, -0.2) is 62.7 Å². The highest BCUT2D eigenvalue weighted by Gasteiger charge is 2.30. The maximum absolute atomic E-state index is 14.0. The second-order valence-corrected chi connectivity index (χ2v) is 7.53. The molecule has 2 aromatic heterocycles. The summed E-state index contributed by atoms with van der Waals surface area (Å²) >= 11 is 0. The molecule has 152 valence electrons. The van der Waals surface area contributed by atoms with Crippen molar-refractivity contribution in [1.29, 1.82) is 0 Å². The van der Waals surface area contributed by atoms with Gasteiger partial charge in [0, 0.05) is 43.3 Å². The Bertz CT molecular complexity index is 1040. The molecule has 4 rings (SSSR count). The lowest BCUT2D eigenvalue weighted by Crippen LogP contribution is -2.38. The number of aromatic nitrogens is 3. The number of benzene rings is 1. The van der Waals surface area contributed by atoms with Gasteiger partial charge in [0.25, 0.3) is 5.91 Å². The van der Waals surface area contributed by atoms with Crippen LogP contribution in [0.3, 0.4) is 0 Å². The number of likely N-dealkylation sites (tertiary alicyclic amines) is 1. The Kier molecular flexibility index (Phi) is 5.32. The Hall–Kier alpha value is -2.80. The van der Waals surface area contributed by atoms with Gasteiger partial charge < -0.3 is 4.90 Å². The highest BCUT2D eigenvalue weighted by atomic mass is 19.1. The Morgan fingerprint density at radius 2 is 2.07 bits per heavy atom. The zero-order valence-electron chi connectivity index (χ0n) is 17.1. The van der Waals surface area contributed by atoms with Gasteiger partial charge in [-0.1, -0.05) is 13.8 Å². The Balaban J connectivity index is 1.73. The normalized spacial score (nSPS) is 16.9. The minimum Gasteiger partial charge on any atom is -0.337 e. The largest absolute Gasteiger partial charge is 0.337 e. The van der Waals surface area contributed by atoms with Crippen LogP contribution in [0, 0.1) is 5.82 Å². The molecule has 1 fully saturated rings. The van der Waals surface area contributed by atoms with Crippen LogP contribution >= 0.6 is 0 Å². The molecule has 1 atom stereocenters. The molecule has 1 aliphatic rings. The molecule has 1 saturated heterocycles. The number of nitrogens with zero attached hydrogens (tertiary/aromatic N) is 5. The van der Waals surface area contributed by atoms with Gasteiger partial charge in [-0.15, -0.1) is 0 Å². The van der Waals surface area contributed by atoms with Crippen molar-refractivity contribution in [2.24, 2.45) is 7.05 Å². The van der Waals surface area contributed by atoms with Gasteiger partial charge in [0.1, 0.15) is 5.82 Å². The maximum atomic E-state index is 14.0. The van der Waals surface area contributed by atoms with Crippen molar-refractivity contribution in [2.75, 3.05) is 26.2 Å². The molecule has 7 heteroatoms. The molecular weight excluding hydrogens is 369 g/mol. The first-order valence-corrected chi connectivity index (χ1v) is 10.1. The first-order valence-electron chi connectivity index (χ1n) is 10.1. The van der Waals surface area contributed by atoms with Gasteiger partial charge in [-0.25, -0.2) is 9.37 Å². The minimum atomic E-state index is -0.370. The molecule has 3 heterocycles. The zero-order valence-corrected chi connectivity index (χ0v) is 17.1. The number of likely N-dealkylation sites (N-methyl/N-ethyl adjacent to an activating group) is 1. The molecule has 0 bridgehead atoms. The Labute approximate surface area is 169 Å². The standard InChI is InChI=1S/C22H26FN5O/c1-4-27(5-2)17-8-9-28(14-17)22(29)19-11-21(15-12-24-26(3)13-15)25-20-7-6-16(23)10-18(19)20/h6-7,10-13,17H,4-5,8-9,14H2,1-3H3. The fraction of sp³-hybridized carbons (Fsp3) is 0.409. The van der Waals surface area contributed by atoms with E-state index in [1.807, 2.05) is 18.1 Å². The van der Waals surface area contributed by atoms with Crippen molar-refractivity contribution >= 4 is 16.8 Å². The van der Waals surface area contributed by atoms with E-state index in [4.69, 9.17) is 0 Å². The minimum absolute atomic E-state index is 0.0669. The van der Waals surface area contributed by atoms with E-state index >= 15 is 0 Å². The number of aryl methyl sites for hydroxylation is 1. The molecule has 0 spiro atoms. The molecule has 0 radical (unpaired) electrons. The summed E-state index contributed by atoms with van der Waals surface area (Å²) in [5.74, 6) is -0.437. The van der Waals surface area contributed by atoms with Crippen LogP contribution in [0.25, 0.3) is 22.2 Å². The average Bonchev–Trinajstić information content (AvgIpc) is 3.37. The van der Waals surface area contributed by atoms with Crippen molar-refractivity contribution in [3.05, 3.63) is 48.0 Å². The van der Waals surface area contributed by atoms with Gasteiger partial charge in [0.15, 0.2) is 0 Å². The zero-order chi connectivity index (χ0) is 20.5. The van der Waals surface area contributed by atoms with Gasteiger partial charge >= 0.3 is 0 Å². The Morgan fingerprint density at radius 1 is 1.28 bits per heavy atom. The second kappa shape index (κ2) is 7.91. The first-order chi connectivity index (χ1) is 14.0. The van der Waals surface area contributed by atoms with E-state index in [9.17, 15) is 9.18 Å². The predicted molar refractivity (Wildman–Crippen MR) is 111 cm³/mol. The number of carbonyl (C=O) groups is 1. The summed E-state index contributed by atoms with van der Waals surface area (Å²) in [7, 11) is 1.84. The van der Waals surface area contributed by atoms with Crippen LogP contribution in [0.2, 0.25) is 0 Å². The molecule has 29 heavy (non-hydrogen) atoms. The summed E-state index contributed by atoms with van der Waals surface area (Å²) in [5, 5.41) is 4.75. The van der Waals surface area contributed by atoms with E-state index in [0.717, 1.165) is 25.1 Å². The van der Waals surface area contributed by atoms with E-state index in [1.54, 1.807) is 23.0 Å². The van der Waals surface area contributed by atoms with Gasteiger partial charge in [-0.3, -0.25) is 14.4 Å². The molecular formula is C22H26FN5O. The smallest absolute Gasteiger partial charge is 0.254 e. The quantitative estimate of drug-likeness (QED) is 0.665. The summed E-state index contributed by atoms with van der Waals surface area (Å²) in [4.78, 5) is 22.4. The van der Waals surface area contributed by atoms with Crippen LogP contribution in [0.4, 0.5) is 4.39 Å². The first kappa shape index (κ1) is 19.5. The second-order valence-electron chi connectivity index (χ2n) is 7.53. The van der Waals surface area contributed by atoms with Crippen LogP contribution in [0.5, 0.6) is 0 Å². The predicted octanol–water partition coefficient (Wildman–Crippen LogP) is 3.33. The molecule has 1 unspecified atom stereocenters. The van der Waals surface area contributed by atoms with Crippen LogP contribution in [0.1, 0.15) is 30.6 Å². The van der Waals surface area contributed by atoms with Gasteiger partial charge in [-0.2, -0.15) is 5.10 Å². The summed E-state index contributed by atoms with van der Waals surface area (Å²) in [6, 6.07) is 6.55. The molecule has 0 aliphatic carbocycles. The van der Waals surface area contributed by atoms with Crippen molar-refractivity contribution in [1.82, 2.24) is 24.6 Å². The van der Waals surface area contributed by atoms with Crippen LogP contribution in [0.15, 0.2) is 36.7 Å². The molecule has 3 aromatic rings. The summed E-state index contributed by atoms with van der Waals surface area (Å²) in [5.41, 5.74) is 2.60. The monoisotopic (exact) mass is 395 g/mol. The van der Waals surface area contributed by atoms with E-state index < -0.39 is 0 Å². The topological polar surface area (TPSA) is 54.3 Å². The number of halogens is 1. The van der Waals surface area contributed by atoms with Gasteiger partial charge in [-0.05, 0) is 43.8 Å². The number of carbonyl (C=O) groups excluding carboxylic acids is 1. The summed E-state index contributed by atoms with van der Waals surface area (Å²) in [6.07, 6.45) is 4.54. The molecule has 0 N–H and O–H groups in total. The number of rotatable bonds is 5. The highest BCUT2D eigenvalue weighted by molar-refractivity contribution is 6.07. The van der Waals surface area contributed by atoms with Crippen molar-refractivity contribution in [3.63, 3.8) is 0 Å². The van der Waals surface area contributed by atoms with Crippen molar-refractivity contribution < 1.29 is 9.18 Å². The molecule has 1 amide bonds. The Morgan fingerprint density at radius 3 is 2.76 bits per heavy atom. The SMILES string of the molecule is CCN(CC)C1CCN(C(=O)c2cc(-c3cnn(C)c3)nc3ccc(F)cc23)C1. The molecule has 0 saturated carbocycles. The van der Waals surface area contributed by atoms with E-state index in [-0.39, 0.29) is 11.7 Å². The van der Waals surface area contributed by atoms with Crippen molar-refractivity contribution in [3.8, 4) is 11.3 Å². The fourth-order valence-corrected chi connectivity index (χ4v) is 4.21. The summed E-state index contributed by atoms with van der Waals surface area (Å²) in [6.45, 7) is 7.64. The third-order valence-corrected chi connectivity index (χ3v) is 5.78. The van der Waals surface area contributed by atoms with E-state index in [1.165, 1.54) is 12.1 Å². The lowest BCUT2D eigenvalue weighted by atomic mass is 10.0. The number of hydrogen-bond acceptors (Lipinski definition) is 4. The third-order valence-electron chi connectivity index (χ3n) is 5.78. The fourth-order valence-electron chi connectivity index (χ4n) is 4.21. The maximum Gasteiger partial charge on any atom is 0.254 e. The van der Waals surface area contributed by atoms with Crippen molar-refractivity contribution in [2.45, 2.75) is 26.3 Å². The van der Waals surface area contributed by atoms with Crippen LogP contribution < -0.4 is 0 Å². The van der Waals surface area contributed by atoms with E-state index in [2.05, 4.69) is 28.8 Å². The van der Waals surface area contributed by atoms with Gasteiger partial charge in [0.05, 0.1) is 23.0 Å². The lowest BCUT2D eigenvalue weighted by molar-refractivity contribution is 0.0780. The third kappa shape index (κ3) is 3.74. The number of amides is 1. The molecule has 1 aromatic carbocycles. The molecule has 1 aliphatic heterocycles. The van der Waals surface area contributed by atoms with Gasteiger partial charge in [0.2, 0.25) is 0 Å². The molecule has 6 nitrogen and oxygen atoms in total. The number of hydrogen-bond donors (Lipinski definition) is 0. The average molecular weight is 395 g/mol. The number of pyridine rings is 1. The van der Waals surface area contributed by atoms with E-state index in [0.29, 0.717) is 41.3 Å². The number of fused-ring (bicyclic) bond motifs is 1. The van der Waals surface area contributed by atoms with Crippen LogP contribution in [-0.2, 0) is 7.05 Å². The summed E-state index contributed by atoms with van der Waals surface area (Å²) < 4.78 is 15.7. The highest BCUT2D eigenvalue weighted by Crippen LogP contribution is 2.28. The lowest BCUT2D eigenvalue weighted by Gasteiger charge is -2.26.